The fourth-order valence-corrected chi connectivity index (χ4v) is 1.91. The van der Waals surface area contributed by atoms with Crippen molar-refractivity contribution in [3.63, 3.8) is 0 Å². The van der Waals surface area contributed by atoms with Gasteiger partial charge in [-0.3, -0.25) is 4.79 Å². The molecule has 0 spiro atoms. The minimum Gasteiger partial charge on any atom is -0.361 e. The summed E-state index contributed by atoms with van der Waals surface area (Å²) in [5, 5.41) is 6.92. The third-order valence-corrected chi connectivity index (χ3v) is 3.91. The second-order valence-corrected chi connectivity index (χ2v) is 5.63. The Hall–Kier alpha value is -1.36. The van der Waals surface area contributed by atoms with Crippen molar-refractivity contribution >= 4 is 5.91 Å². The van der Waals surface area contributed by atoms with Crippen LogP contribution in [0.1, 0.15) is 44.2 Å². The molecule has 0 aliphatic heterocycles. The number of aryl methyl sites for hydroxylation is 2. The number of carbonyl (C=O) groups excluding carboxylic acids is 1. The van der Waals surface area contributed by atoms with Crippen LogP contribution in [0.25, 0.3) is 0 Å². The standard InChI is InChI=1S/C14H25N3O2/c1-9(2)14(5,8-15)16-13(18)7-6-12-10(3)17-19-11(12)4/h9H,6-8,15H2,1-5H3,(H,16,18). The van der Waals surface area contributed by atoms with E-state index in [4.69, 9.17) is 10.3 Å². The number of amides is 1. The van der Waals surface area contributed by atoms with E-state index >= 15 is 0 Å². The van der Waals surface area contributed by atoms with Crippen LogP contribution in [0.5, 0.6) is 0 Å². The van der Waals surface area contributed by atoms with Crippen LogP contribution in [0.4, 0.5) is 0 Å². The van der Waals surface area contributed by atoms with Gasteiger partial charge in [0.1, 0.15) is 5.76 Å². The number of nitrogens with one attached hydrogen (secondary N) is 1. The monoisotopic (exact) mass is 267 g/mol. The molecule has 0 aliphatic rings. The van der Waals surface area contributed by atoms with Gasteiger partial charge in [0.2, 0.25) is 5.91 Å². The van der Waals surface area contributed by atoms with Gasteiger partial charge < -0.3 is 15.6 Å². The van der Waals surface area contributed by atoms with Crippen molar-refractivity contribution in [3.8, 4) is 0 Å². The summed E-state index contributed by atoms with van der Waals surface area (Å²) in [5.41, 5.74) is 7.28. The smallest absolute Gasteiger partial charge is 0.220 e. The molecule has 1 unspecified atom stereocenters. The molecule has 1 amide bonds. The van der Waals surface area contributed by atoms with Crippen molar-refractivity contribution in [1.29, 1.82) is 0 Å². The number of nitrogens with two attached hydrogens (primary N) is 1. The summed E-state index contributed by atoms with van der Waals surface area (Å²) in [6, 6.07) is 0. The van der Waals surface area contributed by atoms with Crippen molar-refractivity contribution in [1.82, 2.24) is 10.5 Å². The molecule has 5 heteroatoms. The molecule has 5 nitrogen and oxygen atoms in total. The predicted molar refractivity (Wildman–Crippen MR) is 74.7 cm³/mol. The summed E-state index contributed by atoms with van der Waals surface area (Å²) < 4.78 is 5.09. The lowest BCUT2D eigenvalue weighted by Crippen LogP contribution is -2.55. The lowest BCUT2D eigenvalue weighted by Gasteiger charge is -2.33. The quantitative estimate of drug-likeness (QED) is 0.822. The van der Waals surface area contributed by atoms with Crippen LogP contribution in [-0.2, 0) is 11.2 Å². The van der Waals surface area contributed by atoms with Crippen LogP contribution in [-0.4, -0.2) is 23.1 Å². The molecule has 0 bridgehead atoms. The molecule has 1 heterocycles. The lowest BCUT2D eigenvalue weighted by molar-refractivity contribution is -0.123. The highest BCUT2D eigenvalue weighted by Crippen LogP contribution is 2.17. The van der Waals surface area contributed by atoms with Gasteiger partial charge in [-0.25, -0.2) is 0 Å². The summed E-state index contributed by atoms with van der Waals surface area (Å²) in [7, 11) is 0. The van der Waals surface area contributed by atoms with Gasteiger partial charge in [-0.2, -0.15) is 0 Å². The van der Waals surface area contributed by atoms with Crippen LogP contribution in [0, 0.1) is 19.8 Å². The molecule has 0 fully saturated rings. The highest BCUT2D eigenvalue weighted by atomic mass is 16.5. The largest absolute Gasteiger partial charge is 0.361 e. The topological polar surface area (TPSA) is 81.2 Å². The predicted octanol–water partition coefficient (Wildman–Crippen LogP) is 1.71. The van der Waals surface area contributed by atoms with Crippen LogP contribution in [0.2, 0.25) is 0 Å². The van der Waals surface area contributed by atoms with Gasteiger partial charge in [0.25, 0.3) is 0 Å². The third kappa shape index (κ3) is 3.80. The third-order valence-electron chi connectivity index (χ3n) is 3.91. The van der Waals surface area contributed by atoms with E-state index < -0.39 is 0 Å². The van der Waals surface area contributed by atoms with Gasteiger partial charge in [-0.15, -0.1) is 0 Å². The van der Waals surface area contributed by atoms with Crippen molar-refractivity contribution in [2.75, 3.05) is 6.54 Å². The van der Waals surface area contributed by atoms with Crippen LogP contribution in [0.15, 0.2) is 4.52 Å². The first-order valence-corrected chi connectivity index (χ1v) is 6.73. The van der Waals surface area contributed by atoms with Gasteiger partial charge in [0.15, 0.2) is 0 Å². The number of carbonyl (C=O) groups is 1. The number of hydrogen-bond donors (Lipinski definition) is 2. The zero-order valence-electron chi connectivity index (χ0n) is 12.5. The Morgan fingerprint density at radius 1 is 1.47 bits per heavy atom. The van der Waals surface area contributed by atoms with E-state index in [1.807, 2.05) is 20.8 Å². The summed E-state index contributed by atoms with van der Waals surface area (Å²) >= 11 is 0. The molecular weight excluding hydrogens is 242 g/mol. The van der Waals surface area contributed by atoms with E-state index in [-0.39, 0.29) is 11.4 Å². The van der Waals surface area contributed by atoms with Gasteiger partial charge >= 0.3 is 0 Å². The van der Waals surface area contributed by atoms with E-state index in [1.165, 1.54) is 0 Å². The maximum Gasteiger partial charge on any atom is 0.220 e. The molecule has 19 heavy (non-hydrogen) atoms. The van der Waals surface area contributed by atoms with E-state index in [0.717, 1.165) is 17.0 Å². The van der Waals surface area contributed by atoms with E-state index in [2.05, 4.69) is 24.3 Å². The van der Waals surface area contributed by atoms with Gasteiger partial charge in [0.05, 0.1) is 11.2 Å². The Bertz CT molecular complexity index is 420. The normalized spacial score (nSPS) is 14.5. The molecule has 0 radical (unpaired) electrons. The zero-order valence-corrected chi connectivity index (χ0v) is 12.5. The van der Waals surface area contributed by atoms with E-state index in [9.17, 15) is 4.79 Å². The Morgan fingerprint density at radius 2 is 2.11 bits per heavy atom. The number of rotatable bonds is 6. The molecule has 0 saturated carbocycles. The Labute approximate surface area is 114 Å². The summed E-state index contributed by atoms with van der Waals surface area (Å²) in [6.07, 6.45) is 1.07. The van der Waals surface area contributed by atoms with Crippen LogP contribution in [0.3, 0.4) is 0 Å². The van der Waals surface area contributed by atoms with Crippen LogP contribution >= 0.6 is 0 Å². The summed E-state index contributed by atoms with van der Waals surface area (Å²) in [6.45, 7) is 10.3. The van der Waals surface area contributed by atoms with Gasteiger partial charge in [-0.1, -0.05) is 19.0 Å². The molecule has 0 aliphatic carbocycles. The molecule has 0 aromatic carbocycles. The highest BCUT2D eigenvalue weighted by molar-refractivity contribution is 5.77. The number of aromatic nitrogens is 1. The average Bonchev–Trinajstić information content (AvgIpc) is 2.66. The van der Waals surface area contributed by atoms with Gasteiger partial charge in [0, 0.05) is 18.5 Å². The van der Waals surface area contributed by atoms with E-state index in [1.54, 1.807) is 0 Å². The minimum atomic E-state index is -0.351. The van der Waals surface area contributed by atoms with Crippen LogP contribution < -0.4 is 11.1 Å². The van der Waals surface area contributed by atoms with E-state index in [0.29, 0.717) is 25.3 Å². The maximum absolute atomic E-state index is 12.0. The zero-order chi connectivity index (χ0) is 14.6. The molecule has 1 rings (SSSR count). The molecule has 3 N–H and O–H groups in total. The van der Waals surface area contributed by atoms with Gasteiger partial charge in [-0.05, 0) is 33.1 Å². The van der Waals surface area contributed by atoms with Crippen molar-refractivity contribution in [3.05, 3.63) is 17.0 Å². The minimum absolute atomic E-state index is 0.0154. The second kappa shape index (κ2) is 6.19. The first-order chi connectivity index (χ1) is 8.80. The van der Waals surface area contributed by atoms with Crippen molar-refractivity contribution in [2.45, 2.75) is 53.0 Å². The molecule has 1 aromatic rings. The molecule has 1 aromatic heterocycles. The first-order valence-electron chi connectivity index (χ1n) is 6.73. The Balaban J connectivity index is 2.57. The van der Waals surface area contributed by atoms with Crippen molar-refractivity contribution < 1.29 is 9.32 Å². The molecule has 0 saturated heterocycles. The SMILES string of the molecule is Cc1noc(C)c1CCC(=O)NC(C)(CN)C(C)C. The fourth-order valence-electron chi connectivity index (χ4n) is 1.91. The molecule has 108 valence electrons. The Kier molecular flexibility index (Phi) is 5.11. The second-order valence-electron chi connectivity index (χ2n) is 5.63. The maximum atomic E-state index is 12.0. The summed E-state index contributed by atoms with van der Waals surface area (Å²) in [4.78, 5) is 12.0. The molecular formula is C14H25N3O2. The number of nitrogens with zero attached hydrogens (tertiary/aromatic N) is 1. The lowest BCUT2D eigenvalue weighted by atomic mass is 9.88. The number of hydrogen-bond acceptors (Lipinski definition) is 4. The first kappa shape index (κ1) is 15.7. The highest BCUT2D eigenvalue weighted by Gasteiger charge is 2.28. The molecule has 1 atom stereocenters. The summed E-state index contributed by atoms with van der Waals surface area (Å²) in [5.74, 6) is 1.10. The van der Waals surface area contributed by atoms with Crippen molar-refractivity contribution in [2.24, 2.45) is 11.7 Å². The Morgan fingerprint density at radius 3 is 2.53 bits per heavy atom. The fraction of sp³-hybridized carbons (Fsp3) is 0.714. The average molecular weight is 267 g/mol.